The summed E-state index contributed by atoms with van der Waals surface area (Å²) in [7, 11) is 0. The molecular weight excluding hydrogens is 376 g/mol. The Kier molecular flexibility index (Phi) is 6.04. The Morgan fingerprint density at radius 3 is 2.50 bits per heavy atom. The molecule has 1 heterocycles. The molecule has 28 heavy (non-hydrogen) atoms. The molecule has 0 bridgehead atoms. The molecule has 7 heteroatoms. The van der Waals surface area contributed by atoms with Crippen molar-refractivity contribution in [1.29, 1.82) is 5.26 Å². The number of anilines is 1. The lowest BCUT2D eigenvalue weighted by Gasteiger charge is -2.14. The summed E-state index contributed by atoms with van der Waals surface area (Å²) in [5, 5.41) is 13.7. The third-order valence-corrected chi connectivity index (χ3v) is 4.59. The van der Waals surface area contributed by atoms with Crippen LogP contribution < -0.4 is 14.8 Å². The molecule has 6 nitrogen and oxygen atoms in total. The second-order valence-electron chi connectivity index (χ2n) is 5.74. The molecule has 3 aromatic rings. The molecule has 3 rings (SSSR count). The van der Waals surface area contributed by atoms with Gasteiger partial charge in [0.1, 0.15) is 17.6 Å². The predicted molar refractivity (Wildman–Crippen MR) is 106 cm³/mol. The first-order chi connectivity index (χ1) is 13.6. The molecule has 1 atom stereocenters. The zero-order valence-electron chi connectivity index (χ0n) is 14.9. The molecule has 0 saturated heterocycles. The number of benzene rings is 2. The van der Waals surface area contributed by atoms with Crippen molar-refractivity contribution in [2.24, 2.45) is 0 Å². The summed E-state index contributed by atoms with van der Waals surface area (Å²) in [5.41, 5.74) is 0.929. The number of carbonyl (C=O) groups is 2. The highest BCUT2D eigenvalue weighted by Gasteiger charge is 2.19. The molecule has 1 amide bonds. The van der Waals surface area contributed by atoms with Gasteiger partial charge in [-0.15, -0.1) is 11.3 Å². The van der Waals surface area contributed by atoms with E-state index < -0.39 is 12.1 Å². The van der Waals surface area contributed by atoms with Gasteiger partial charge < -0.3 is 14.8 Å². The number of para-hydroxylation sites is 1. The lowest BCUT2D eigenvalue weighted by atomic mass is 10.2. The molecule has 1 aromatic heterocycles. The number of nitriles is 1. The highest BCUT2D eigenvalue weighted by molar-refractivity contribution is 7.12. The second kappa shape index (κ2) is 8.84. The van der Waals surface area contributed by atoms with Crippen LogP contribution in [0.3, 0.4) is 0 Å². The van der Waals surface area contributed by atoms with E-state index in [1.165, 1.54) is 11.3 Å². The Labute approximate surface area is 166 Å². The molecule has 1 N–H and O–H groups in total. The number of rotatable bonds is 6. The number of nitrogens with one attached hydrogen (secondary N) is 1. The Morgan fingerprint density at radius 1 is 1.07 bits per heavy atom. The largest absolute Gasteiger partial charge is 0.478 e. The standard InChI is InChI=1S/C21H16N2O4S/c1-14(26-18-6-3-2-5-15(18)13-22)21(25)27-17-10-8-16(9-11-17)23-20(24)19-7-4-12-28-19/h2-12,14H,1H3,(H,23,24). The number of nitrogens with zero attached hydrogens (tertiary/aromatic N) is 1. The summed E-state index contributed by atoms with van der Waals surface area (Å²) in [4.78, 5) is 24.9. The fraction of sp³-hybridized carbons (Fsp3) is 0.0952. The van der Waals surface area contributed by atoms with Crippen LogP contribution in [-0.2, 0) is 4.79 Å². The number of thiophene rings is 1. The summed E-state index contributed by atoms with van der Waals surface area (Å²) in [6.07, 6.45) is -0.896. The average Bonchev–Trinajstić information content (AvgIpc) is 3.25. The average molecular weight is 392 g/mol. The van der Waals surface area contributed by atoms with Gasteiger partial charge in [-0.2, -0.15) is 5.26 Å². The maximum Gasteiger partial charge on any atom is 0.352 e. The van der Waals surface area contributed by atoms with Crippen molar-refractivity contribution in [2.75, 3.05) is 5.32 Å². The first kappa shape index (κ1) is 19.1. The quantitative estimate of drug-likeness (QED) is 0.501. The maximum absolute atomic E-state index is 12.2. The van der Waals surface area contributed by atoms with Gasteiger partial charge >= 0.3 is 5.97 Å². The van der Waals surface area contributed by atoms with Crippen LogP contribution >= 0.6 is 11.3 Å². The molecule has 2 aromatic carbocycles. The van der Waals surface area contributed by atoms with Crippen LogP contribution in [0, 0.1) is 11.3 Å². The fourth-order valence-corrected chi connectivity index (χ4v) is 2.93. The van der Waals surface area contributed by atoms with Crippen LogP contribution in [-0.4, -0.2) is 18.0 Å². The van der Waals surface area contributed by atoms with Crippen LogP contribution in [0.25, 0.3) is 0 Å². The minimum atomic E-state index is -0.896. The molecule has 0 aliphatic heterocycles. The van der Waals surface area contributed by atoms with Crippen molar-refractivity contribution in [2.45, 2.75) is 13.0 Å². The summed E-state index contributed by atoms with van der Waals surface area (Å²) >= 11 is 1.35. The lowest BCUT2D eigenvalue weighted by Crippen LogP contribution is -2.28. The summed E-state index contributed by atoms with van der Waals surface area (Å²) in [6.45, 7) is 1.55. The third kappa shape index (κ3) is 4.75. The van der Waals surface area contributed by atoms with E-state index in [1.54, 1.807) is 67.6 Å². The molecular formula is C21H16N2O4S. The Bertz CT molecular complexity index is 1010. The van der Waals surface area contributed by atoms with Gasteiger partial charge in [-0.05, 0) is 54.8 Å². The molecule has 140 valence electrons. The first-order valence-corrected chi connectivity index (χ1v) is 9.27. The zero-order valence-corrected chi connectivity index (χ0v) is 15.7. The smallest absolute Gasteiger partial charge is 0.352 e. The maximum atomic E-state index is 12.2. The normalized spacial score (nSPS) is 11.1. The molecule has 0 radical (unpaired) electrons. The van der Waals surface area contributed by atoms with Crippen molar-refractivity contribution in [3.8, 4) is 17.6 Å². The van der Waals surface area contributed by atoms with Gasteiger partial charge in [0.25, 0.3) is 5.91 Å². The molecule has 0 fully saturated rings. The third-order valence-electron chi connectivity index (χ3n) is 3.72. The van der Waals surface area contributed by atoms with Crippen LogP contribution in [0.15, 0.2) is 66.0 Å². The summed E-state index contributed by atoms with van der Waals surface area (Å²) in [5.74, 6) is -0.148. The zero-order chi connectivity index (χ0) is 19.9. The van der Waals surface area contributed by atoms with E-state index in [1.807, 2.05) is 11.4 Å². The summed E-state index contributed by atoms with van der Waals surface area (Å²) < 4.78 is 10.8. The minimum absolute atomic E-state index is 0.196. The van der Waals surface area contributed by atoms with Crippen LogP contribution in [0.1, 0.15) is 22.2 Å². The first-order valence-electron chi connectivity index (χ1n) is 8.39. The predicted octanol–water partition coefficient (Wildman–Crippen LogP) is 4.24. The fourth-order valence-electron chi connectivity index (χ4n) is 2.31. The van der Waals surface area contributed by atoms with Crippen molar-refractivity contribution >= 4 is 28.9 Å². The van der Waals surface area contributed by atoms with Crippen molar-refractivity contribution in [3.05, 3.63) is 76.5 Å². The second-order valence-corrected chi connectivity index (χ2v) is 6.69. The Morgan fingerprint density at radius 2 is 1.82 bits per heavy atom. The van der Waals surface area contributed by atoms with Gasteiger partial charge in [0.2, 0.25) is 0 Å². The van der Waals surface area contributed by atoms with Crippen molar-refractivity contribution in [1.82, 2.24) is 0 Å². The molecule has 1 unspecified atom stereocenters. The van der Waals surface area contributed by atoms with Crippen LogP contribution in [0.4, 0.5) is 5.69 Å². The van der Waals surface area contributed by atoms with E-state index in [0.717, 1.165) is 0 Å². The van der Waals surface area contributed by atoms with Gasteiger partial charge in [0.05, 0.1) is 10.4 Å². The molecule has 0 spiro atoms. The van der Waals surface area contributed by atoms with Gasteiger partial charge in [-0.3, -0.25) is 4.79 Å². The number of hydrogen-bond acceptors (Lipinski definition) is 6. The number of ether oxygens (including phenoxy) is 2. The van der Waals surface area contributed by atoms with Gasteiger partial charge in [0.15, 0.2) is 6.10 Å². The Balaban J connectivity index is 1.58. The highest BCUT2D eigenvalue weighted by atomic mass is 32.1. The van der Waals surface area contributed by atoms with Gasteiger partial charge in [-0.25, -0.2) is 4.79 Å². The SMILES string of the molecule is CC(Oc1ccccc1C#N)C(=O)Oc1ccc(NC(=O)c2cccs2)cc1. The molecule has 0 aliphatic carbocycles. The number of amides is 1. The number of carbonyl (C=O) groups excluding carboxylic acids is 2. The Hall–Kier alpha value is -3.63. The van der Waals surface area contributed by atoms with E-state index in [9.17, 15) is 9.59 Å². The summed E-state index contributed by atoms with van der Waals surface area (Å²) in [6, 6.07) is 18.7. The van der Waals surface area contributed by atoms with Crippen molar-refractivity contribution < 1.29 is 19.1 Å². The van der Waals surface area contributed by atoms with Crippen LogP contribution in [0.5, 0.6) is 11.5 Å². The van der Waals surface area contributed by atoms with Gasteiger partial charge in [0, 0.05) is 5.69 Å². The van der Waals surface area contributed by atoms with Crippen molar-refractivity contribution in [3.63, 3.8) is 0 Å². The highest BCUT2D eigenvalue weighted by Crippen LogP contribution is 2.21. The van der Waals surface area contributed by atoms with E-state index in [4.69, 9.17) is 14.7 Å². The number of esters is 1. The van der Waals surface area contributed by atoms with E-state index >= 15 is 0 Å². The van der Waals surface area contributed by atoms with E-state index in [0.29, 0.717) is 27.6 Å². The molecule has 0 aliphatic rings. The van der Waals surface area contributed by atoms with Gasteiger partial charge in [-0.1, -0.05) is 18.2 Å². The monoisotopic (exact) mass is 392 g/mol. The lowest BCUT2D eigenvalue weighted by molar-refractivity contribution is -0.141. The minimum Gasteiger partial charge on any atom is -0.478 e. The van der Waals surface area contributed by atoms with E-state index in [-0.39, 0.29) is 5.91 Å². The number of hydrogen-bond donors (Lipinski definition) is 1. The van der Waals surface area contributed by atoms with E-state index in [2.05, 4.69) is 5.32 Å². The van der Waals surface area contributed by atoms with Crippen LogP contribution in [0.2, 0.25) is 0 Å². The topological polar surface area (TPSA) is 88.4 Å². The molecule has 0 saturated carbocycles.